The Morgan fingerprint density at radius 1 is 1.43 bits per heavy atom. The van der Waals surface area contributed by atoms with Gasteiger partial charge in [-0.3, -0.25) is 4.79 Å². The molecule has 0 radical (unpaired) electrons. The van der Waals surface area contributed by atoms with Gasteiger partial charge < -0.3 is 14.2 Å². The lowest BCUT2D eigenvalue weighted by Gasteiger charge is -2.25. The Morgan fingerprint density at radius 2 is 2.24 bits per heavy atom. The molecule has 6 heteroatoms. The second-order valence-electron chi connectivity index (χ2n) is 5.96. The molecule has 3 heterocycles. The summed E-state index contributed by atoms with van der Waals surface area (Å²) in [5.74, 6) is 1.28. The molecule has 0 spiro atoms. The fourth-order valence-electron chi connectivity index (χ4n) is 3.54. The number of hydrogen-bond acceptors (Lipinski definition) is 4. The smallest absolute Gasteiger partial charge is 0.310 e. The number of aromatic nitrogens is 2. The monoisotopic (exact) mass is 311 g/mol. The van der Waals surface area contributed by atoms with E-state index in [-0.39, 0.29) is 11.9 Å². The third-order valence-electron chi connectivity index (χ3n) is 4.81. The van der Waals surface area contributed by atoms with E-state index in [1.807, 2.05) is 0 Å². The number of carbonyl (C=O) groups is 1. The Bertz CT molecular complexity index is 543. The Kier molecular flexibility index (Phi) is 4.22. The van der Waals surface area contributed by atoms with E-state index in [1.165, 1.54) is 7.11 Å². The molecule has 21 heavy (non-hydrogen) atoms. The maximum atomic E-state index is 11.8. The van der Waals surface area contributed by atoms with Crippen molar-refractivity contribution in [1.29, 1.82) is 0 Å². The van der Waals surface area contributed by atoms with E-state index in [9.17, 15) is 4.79 Å². The summed E-state index contributed by atoms with van der Waals surface area (Å²) in [6, 6.07) is 0. The lowest BCUT2D eigenvalue weighted by Crippen LogP contribution is -2.29. The standard InChI is InChI=1S/C15H22ClN3O2/c1-3-18-7-6-10(8-18)14-17-13(16)12-5-4-11(9-19(12)14)15(20)21-2/h10-11H,3-9H2,1-2H3. The van der Waals surface area contributed by atoms with E-state index < -0.39 is 0 Å². The van der Waals surface area contributed by atoms with E-state index in [0.29, 0.717) is 17.6 Å². The first-order valence-electron chi connectivity index (χ1n) is 7.69. The van der Waals surface area contributed by atoms with Gasteiger partial charge in [0, 0.05) is 19.0 Å². The summed E-state index contributed by atoms with van der Waals surface area (Å²) >= 11 is 6.31. The number of methoxy groups -OCH3 is 1. The van der Waals surface area contributed by atoms with Crippen LogP contribution in [0, 0.1) is 5.92 Å². The number of ether oxygens (including phenoxy) is 1. The van der Waals surface area contributed by atoms with E-state index in [0.717, 1.165) is 50.4 Å². The van der Waals surface area contributed by atoms with Crippen molar-refractivity contribution in [1.82, 2.24) is 14.5 Å². The number of esters is 1. The normalized spacial score (nSPS) is 25.9. The molecule has 2 aliphatic rings. The van der Waals surface area contributed by atoms with Crippen molar-refractivity contribution in [2.45, 2.75) is 38.6 Å². The highest BCUT2D eigenvalue weighted by atomic mass is 35.5. The number of rotatable bonds is 3. The van der Waals surface area contributed by atoms with Gasteiger partial charge >= 0.3 is 5.97 Å². The molecular formula is C15H22ClN3O2. The van der Waals surface area contributed by atoms with Crippen molar-refractivity contribution in [3.8, 4) is 0 Å². The quantitative estimate of drug-likeness (QED) is 0.802. The van der Waals surface area contributed by atoms with Crippen molar-refractivity contribution in [2.24, 2.45) is 5.92 Å². The number of imidazole rings is 1. The molecule has 1 aromatic heterocycles. The molecule has 0 aromatic carbocycles. The first kappa shape index (κ1) is 14.9. The molecule has 1 aromatic rings. The maximum absolute atomic E-state index is 11.8. The van der Waals surface area contributed by atoms with Gasteiger partial charge in [0.05, 0.1) is 18.7 Å². The average molecular weight is 312 g/mol. The first-order valence-corrected chi connectivity index (χ1v) is 8.06. The van der Waals surface area contributed by atoms with Crippen molar-refractivity contribution in [3.63, 3.8) is 0 Å². The summed E-state index contributed by atoms with van der Waals surface area (Å²) in [5.41, 5.74) is 1.08. The minimum atomic E-state index is -0.127. The van der Waals surface area contributed by atoms with E-state index in [4.69, 9.17) is 16.3 Å². The highest BCUT2D eigenvalue weighted by Crippen LogP contribution is 2.34. The molecule has 0 N–H and O–H groups in total. The summed E-state index contributed by atoms with van der Waals surface area (Å²) in [5, 5.41) is 0.614. The van der Waals surface area contributed by atoms with Crippen LogP contribution in [0.4, 0.5) is 0 Å². The van der Waals surface area contributed by atoms with E-state index in [2.05, 4.69) is 21.4 Å². The molecule has 0 amide bonds. The fourth-order valence-corrected chi connectivity index (χ4v) is 3.82. The largest absolute Gasteiger partial charge is 0.469 e. The van der Waals surface area contributed by atoms with E-state index in [1.54, 1.807) is 0 Å². The van der Waals surface area contributed by atoms with Crippen molar-refractivity contribution < 1.29 is 9.53 Å². The number of carbonyl (C=O) groups excluding carboxylic acids is 1. The van der Waals surface area contributed by atoms with Crippen LogP contribution in [0.25, 0.3) is 0 Å². The molecule has 0 aliphatic carbocycles. The van der Waals surface area contributed by atoms with Crippen LogP contribution >= 0.6 is 11.6 Å². The number of fused-ring (bicyclic) bond motifs is 1. The summed E-state index contributed by atoms with van der Waals surface area (Å²) < 4.78 is 7.08. The molecule has 0 bridgehead atoms. The summed E-state index contributed by atoms with van der Waals surface area (Å²) in [6.07, 6.45) is 2.71. The number of likely N-dealkylation sites (tertiary alicyclic amines) is 1. The second kappa shape index (κ2) is 5.97. The molecule has 1 fully saturated rings. The number of likely N-dealkylation sites (N-methyl/N-ethyl adjacent to an activating group) is 1. The molecule has 5 nitrogen and oxygen atoms in total. The average Bonchev–Trinajstić information content (AvgIpc) is 3.11. The molecule has 1 saturated heterocycles. The minimum Gasteiger partial charge on any atom is -0.469 e. The van der Waals surface area contributed by atoms with Gasteiger partial charge in [0.1, 0.15) is 5.82 Å². The van der Waals surface area contributed by atoms with E-state index >= 15 is 0 Å². The van der Waals surface area contributed by atoms with Crippen LogP contribution in [0.3, 0.4) is 0 Å². The van der Waals surface area contributed by atoms with Crippen LogP contribution in [0.5, 0.6) is 0 Å². The van der Waals surface area contributed by atoms with Crippen molar-refractivity contribution >= 4 is 17.6 Å². The van der Waals surface area contributed by atoms with Gasteiger partial charge in [0.15, 0.2) is 5.15 Å². The zero-order valence-electron chi connectivity index (χ0n) is 12.6. The van der Waals surface area contributed by atoms with Gasteiger partial charge in [-0.1, -0.05) is 18.5 Å². The maximum Gasteiger partial charge on any atom is 0.310 e. The molecule has 2 unspecified atom stereocenters. The van der Waals surface area contributed by atoms with Gasteiger partial charge in [-0.15, -0.1) is 0 Å². The third-order valence-corrected chi connectivity index (χ3v) is 5.11. The fraction of sp³-hybridized carbons (Fsp3) is 0.733. The zero-order chi connectivity index (χ0) is 15.0. The number of nitrogens with zero attached hydrogens (tertiary/aromatic N) is 3. The van der Waals surface area contributed by atoms with Crippen molar-refractivity contribution in [2.75, 3.05) is 26.7 Å². The van der Waals surface area contributed by atoms with Gasteiger partial charge in [0.25, 0.3) is 0 Å². The SMILES string of the molecule is CCN1CCC(c2nc(Cl)c3n2CC(C(=O)OC)CC3)C1. The second-order valence-corrected chi connectivity index (χ2v) is 6.31. The van der Waals surface area contributed by atoms with Gasteiger partial charge in [-0.25, -0.2) is 4.98 Å². The number of hydrogen-bond donors (Lipinski definition) is 0. The Balaban J connectivity index is 1.85. The first-order chi connectivity index (χ1) is 10.1. The van der Waals surface area contributed by atoms with Gasteiger partial charge in [0.2, 0.25) is 0 Å². The minimum absolute atomic E-state index is 0.0739. The van der Waals surface area contributed by atoms with Gasteiger partial charge in [-0.2, -0.15) is 0 Å². The summed E-state index contributed by atoms with van der Waals surface area (Å²) in [6.45, 7) is 6.06. The van der Waals surface area contributed by atoms with Crippen LogP contribution in [-0.2, 0) is 22.5 Å². The number of halogens is 1. The predicted octanol–water partition coefficient (Wildman–Crippen LogP) is 2.08. The van der Waals surface area contributed by atoms with Gasteiger partial charge in [-0.05, 0) is 32.4 Å². The highest BCUT2D eigenvalue weighted by Gasteiger charge is 2.33. The lowest BCUT2D eigenvalue weighted by molar-refractivity contribution is -0.146. The Hall–Kier alpha value is -1.07. The molecular weight excluding hydrogens is 290 g/mol. The van der Waals surface area contributed by atoms with Crippen LogP contribution in [0.2, 0.25) is 5.15 Å². The highest BCUT2D eigenvalue weighted by molar-refractivity contribution is 6.30. The third kappa shape index (κ3) is 2.69. The summed E-state index contributed by atoms with van der Waals surface area (Å²) in [4.78, 5) is 18.9. The lowest BCUT2D eigenvalue weighted by atomic mass is 9.97. The topological polar surface area (TPSA) is 47.4 Å². The van der Waals surface area contributed by atoms with Crippen LogP contribution in [-0.4, -0.2) is 47.2 Å². The molecule has 3 rings (SSSR count). The predicted molar refractivity (Wildman–Crippen MR) is 80.5 cm³/mol. The molecule has 2 aliphatic heterocycles. The van der Waals surface area contributed by atoms with Crippen LogP contribution in [0.15, 0.2) is 0 Å². The van der Waals surface area contributed by atoms with Crippen LogP contribution < -0.4 is 0 Å². The molecule has 0 saturated carbocycles. The molecule has 2 atom stereocenters. The Labute approximate surface area is 130 Å². The zero-order valence-corrected chi connectivity index (χ0v) is 13.4. The van der Waals surface area contributed by atoms with Crippen LogP contribution in [0.1, 0.15) is 37.2 Å². The summed E-state index contributed by atoms with van der Waals surface area (Å²) in [7, 11) is 1.45. The Morgan fingerprint density at radius 3 is 2.90 bits per heavy atom. The molecule has 116 valence electrons. The van der Waals surface area contributed by atoms with Crippen molar-refractivity contribution in [3.05, 3.63) is 16.7 Å².